The number of rotatable bonds is 4. The van der Waals surface area contributed by atoms with Crippen LogP contribution in [0.4, 0.5) is 5.69 Å². The second kappa shape index (κ2) is 5.38. The molecule has 0 fully saturated rings. The van der Waals surface area contributed by atoms with Crippen molar-refractivity contribution >= 4 is 21.7 Å². The molecule has 1 aliphatic heterocycles. The molecule has 3 rings (SSSR count). The summed E-state index contributed by atoms with van der Waals surface area (Å²) in [7, 11) is -2.73. The first-order valence-electron chi connectivity index (χ1n) is 6.46. The molecule has 1 N–H and O–H groups in total. The number of anilines is 1. The molecule has 22 heavy (non-hydrogen) atoms. The number of carbonyl (C=O) groups is 1. The number of sulfonamides is 1. The summed E-state index contributed by atoms with van der Waals surface area (Å²) in [6.07, 6.45) is 0.734. The van der Waals surface area contributed by atoms with Gasteiger partial charge in [-0.1, -0.05) is 0 Å². The summed E-state index contributed by atoms with van der Waals surface area (Å²) in [6.45, 7) is 0.589. The van der Waals surface area contributed by atoms with Crippen molar-refractivity contribution in [2.24, 2.45) is 0 Å². The van der Waals surface area contributed by atoms with Gasteiger partial charge in [0.05, 0.1) is 13.7 Å². The topological polar surface area (TPSA) is 94.8 Å². The second-order valence-corrected chi connectivity index (χ2v) is 6.25. The van der Waals surface area contributed by atoms with Crippen LogP contribution in [-0.4, -0.2) is 28.1 Å². The SMILES string of the molecule is COC(=O)c1ccc(S(=O)(=O)Nc2ccc3c(c2)CCO3)o1. The molecular weight excluding hydrogens is 310 g/mol. The molecule has 0 aliphatic carbocycles. The minimum Gasteiger partial charge on any atom is -0.493 e. The Bertz CT molecular complexity index is 824. The molecule has 0 amide bonds. The van der Waals surface area contributed by atoms with Gasteiger partial charge in [0, 0.05) is 12.1 Å². The Balaban J connectivity index is 1.84. The zero-order valence-electron chi connectivity index (χ0n) is 11.7. The molecule has 0 saturated carbocycles. The smallest absolute Gasteiger partial charge is 0.374 e. The van der Waals surface area contributed by atoms with Gasteiger partial charge in [-0.15, -0.1) is 0 Å². The summed E-state index contributed by atoms with van der Waals surface area (Å²) in [4.78, 5) is 11.3. The van der Waals surface area contributed by atoms with Crippen LogP contribution in [0.3, 0.4) is 0 Å². The molecule has 0 radical (unpaired) electrons. The number of nitrogens with one attached hydrogen (secondary N) is 1. The highest BCUT2D eigenvalue weighted by Gasteiger charge is 2.22. The maximum absolute atomic E-state index is 12.2. The molecule has 0 saturated heterocycles. The van der Waals surface area contributed by atoms with Gasteiger partial charge >= 0.3 is 5.97 Å². The van der Waals surface area contributed by atoms with Crippen molar-refractivity contribution in [2.75, 3.05) is 18.4 Å². The third-order valence-corrected chi connectivity index (χ3v) is 4.43. The normalized spacial score (nSPS) is 13.3. The average Bonchev–Trinajstić information content (AvgIpc) is 3.14. The van der Waals surface area contributed by atoms with Crippen molar-refractivity contribution < 1.29 is 27.1 Å². The lowest BCUT2D eigenvalue weighted by molar-refractivity contribution is 0.0559. The molecule has 2 aromatic rings. The van der Waals surface area contributed by atoms with Gasteiger partial charge in [0.2, 0.25) is 10.9 Å². The van der Waals surface area contributed by atoms with Gasteiger partial charge in [0.1, 0.15) is 5.75 Å². The Kier molecular flexibility index (Phi) is 3.53. The van der Waals surface area contributed by atoms with Gasteiger partial charge < -0.3 is 13.9 Å². The molecule has 1 aliphatic rings. The minimum absolute atomic E-state index is 0.176. The van der Waals surface area contributed by atoms with E-state index in [0.29, 0.717) is 12.3 Å². The lowest BCUT2D eigenvalue weighted by Gasteiger charge is -2.07. The largest absolute Gasteiger partial charge is 0.493 e. The highest BCUT2D eigenvalue weighted by molar-refractivity contribution is 7.92. The summed E-state index contributed by atoms with van der Waals surface area (Å²) < 4.78 is 41.7. The number of fused-ring (bicyclic) bond motifs is 1. The second-order valence-electron chi connectivity index (χ2n) is 4.64. The Labute approximate surface area is 126 Å². The van der Waals surface area contributed by atoms with Crippen molar-refractivity contribution in [1.29, 1.82) is 0 Å². The van der Waals surface area contributed by atoms with Crippen LogP contribution in [0, 0.1) is 0 Å². The zero-order chi connectivity index (χ0) is 15.7. The molecule has 2 heterocycles. The molecule has 116 valence electrons. The van der Waals surface area contributed by atoms with Gasteiger partial charge in [-0.3, -0.25) is 4.72 Å². The van der Waals surface area contributed by atoms with E-state index in [9.17, 15) is 13.2 Å². The van der Waals surface area contributed by atoms with E-state index in [2.05, 4.69) is 9.46 Å². The van der Waals surface area contributed by atoms with Gasteiger partial charge in [0.25, 0.3) is 10.0 Å². The van der Waals surface area contributed by atoms with Crippen molar-refractivity contribution in [3.8, 4) is 5.75 Å². The standard InChI is InChI=1S/C14H13NO6S/c1-19-14(16)12-4-5-13(21-12)22(17,18)15-10-2-3-11-9(8-10)6-7-20-11/h2-5,8,15H,6-7H2,1H3. The van der Waals surface area contributed by atoms with E-state index in [1.807, 2.05) is 0 Å². The minimum atomic E-state index is -3.92. The molecule has 0 spiro atoms. The van der Waals surface area contributed by atoms with E-state index in [1.54, 1.807) is 18.2 Å². The third-order valence-electron chi connectivity index (χ3n) is 3.17. The van der Waals surface area contributed by atoms with E-state index in [-0.39, 0.29) is 10.9 Å². The molecule has 1 aromatic heterocycles. The third kappa shape index (κ3) is 2.64. The summed E-state index contributed by atoms with van der Waals surface area (Å²) in [6, 6.07) is 7.47. The van der Waals surface area contributed by atoms with Gasteiger partial charge in [-0.05, 0) is 35.9 Å². The predicted octanol–water partition coefficient (Wildman–Crippen LogP) is 1.80. The van der Waals surface area contributed by atoms with E-state index >= 15 is 0 Å². The first-order valence-corrected chi connectivity index (χ1v) is 7.94. The van der Waals surface area contributed by atoms with Crippen LogP contribution in [0.1, 0.15) is 16.1 Å². The summed E-state index contributed by atoms with van der Waals surface area (Å²) >= 11 is 0. The Morgan fingerprint density at radius 3 is 2.86 bits per heavy atom. The molecular formula is C14H13NO6S. The maximum atomic E-state index is 12.2. The first kappa shape index (κ1) is 14.5. The quantitative estimate of drug-likeness (QED) is 0.862. The van der Waals surface area contributed by atoms with E-state index in [4.69, 9.17) is 9.15 Å². The fourth-order valence-corrected chi connectivity index (χ4v) is 3.11. The number of furan rings is 1. The molecule has 7 nitrogen and oxygen atoms in total. The zero-order valence-corrected chi connectivity index (χ0v) is 12.5. The number of esters is 1. The van der Waals surface area contributed by atoms with Crippen LogP contribution in [0.15, 0.2) is 39.8 Å². The number of ether oxygens (including phenoxy) is 2. The number of hydrogen-bond acceptors (Lipinski definition) is 6. The van der Waals surface area contributed by atoms with E-state index in [1.165, 1.54) is 19.2 Å². The highest BCUT2D eigenvalue weighted by atomic mass is 32.2. The lowest BCUT2D eigenvalue weighted by atomic mass is 10.1. The van der Waals surface area contributed by atoms with Crippen LogP contribution in [0.5, 0.6) is 5.75 Å². The van der Waals surface area contributed by atoms with Crippen LogP contribution < -0.4 is 9.46 Å². The monoisotopic (exact) mass is 323 g/mol. The average molecular weight is 323 g/mol. The van der Waals surface area contributed by atoms with Gasteiger partial charge in [-0.2, -0.15) is 8.42 Å². The summed E-state index contributed by atoms with van der Waals surface area (Å²) in [5, 5.41) is -0.357. The van der Waals surface area contributed by atoms with Gasteiger partial charge in [-0.25, -0.2) is 4.79 Å². The number of benzene rings is 1. The maximum Gasteiger partial charge on any atom is 0.374 e. The number of methoxy groups -OCH3 is 1. The van der Waals surface area contributed by atoms with Crippen molar-refractivity contribution in [2.45, 2.75) is 11.5 Å². The van der Waals surface area contributed by atoms with Crippen molar-refractivity contribution in [3.05, 3.63) is 41.7 Å². The van der Waals surface area contributed by atoms with Gasteiger partial charge in [0.15, 0.2) is 0 Å². The molecule has 8 heteroatoms. The Hall–Kier alpha value is -2.48. The van der Waals surface area contributed by atoms with Crippen LogP contribution >= 0.6 is 0 Å². The fourth-order valence-electron chi connectivity index (χ4n) is 2.13. The molecule has 0 atom stereocenters. The Morgan fingerprint density at radius 2 is 2.09 bits per heavy atom. The molecule has 0 bridgehead atoms. The Morgan fingerprint density at radius 1 is 1.27 bits per heavy atom. The number of carbonyl (C=O) groups excluding carboxylic acids is 1. The fraction of sp³-hybridized carbons (Fsp3) is 0.214. The van der Waals surface area contributed by atoms with Crippen molar-refractivity contribution in [1.82, 2.24) is 0 Å². The lowest BCUT2D eigenvalue weighted by Crippen LogP contribution is -2.12. The van der Waals surface area contributed by atoms with E-state index < -0.39 is 16.0 Å². The summed E-state index contributed by atoms with van der Waals surface area (Å²) in [5.41, 5.74) is 1.34. The van der Waals surface area contributed by atoms with Crippen molar-refractivity contribution in [3.63, 3.8) is 0 Å². The van der Waals surface area contributed by atoms with Crippen LogP contribution in [-0.2, 0) is 21.2 Å². The first-order chi connectivity index (χ1) is 10.5. The van der Waals surface area contributed by atoms with Crippen LogP contribution in [0.25, 0.3) is 0 Å². The highest BCUT2D eigenvalue weighted by Crippen LogP contribution is 2.29. The predicted molar refractivity (Wildman–Crippen MR) is 76.5 cm³/mol. The number of hydrogen-bond donors (Lipinski definition) is 1. The van der Waals surface area contributed by atoms with E-state index in [0.717, 1.165) is 17.7 Å². The van der Waals surface area contributed by atoms with Crippen LogP contribution in [0.2, 0.25) is 0 Å². The molecule has 1 aromatic carbocycles. The summed E-state index contributed by atoms with van der Waals surface area (Å²) in [5.74, 6) is -0.157. The molecule has 0 unspecified atom stereocenters.